The summed E-state index contributed by atoms with van der Waals surface area (Å²) in [4.78, 5) is 11.5. The van der Waals surface area contributed by atoms with Crippen molar-refractivity contribution in [3.05, 3.63) is 52.3 Å². The number of nitrogens with zero attached hydrogens (tertiary/aromatic N) is 5. The first-order valence-electron chi connectivity index (χ1n) is 8.70. The van der Waals surface area contributed by atoms with Crippen LogP contribution in [0, 0.1) is 0 Å². The number of hydrogen-bond acceptors (Lipinski definition) is 5. The Morgan fingerprint density at radius 3 is 2.85 bits per heavy atom. The minimum atomic E-state index is 0.802. The molecule has 134 valence electrons. The molecule has 0 amide bonds. The molecule has 3 heterocycles. The van der Waals surface area contributed by atoms with E-state index in [0.29, 0.717) is 0 Å². The second-order valence-electron chi connectivity index (χ2n) is 6.62. The molecule has 0 radical (unpaired) electrons. The molecule has 1 aliphatic rings. The molecule has 7 heteroatoms. The van der Waals surface area contributed by atoms with Gasteiger partial charge in [-0.1, -0.05) is 28.1 Å². The Bertz CT molecular complexity index is 975. The van der Waals surface area contributed by atoms with Crippen LogP contribution >= 0.6 is 15.9 Å². The maximum Gasteiger partial charge on any atom is 0.167 e. The number of pyridine rings is 1. The van der Waals surface area contributed by atoms with Gasteiger partial charge in [-0.05, 0) is 38.4 Å². The van der Waals surface area contributed by atoms with Crippen molar-refractivity contribution in [3.8, 4) is 11.3 Å². The molecule has 1 aromatic carbocycles. The van der Waals surface area contributed by atoms with Crippen molar-refractivity contribution < 1.29 is 0 Å². The zero-order valence-electron chi connectivity index (χ0n) is 14.9. The van der Waals surface area contributed by atoms with Crippen molar-refractivity contribution >= 4 is 27.4 Å². The predicted molar refractivity (Wildman–Crippen MR) is 108 cm³/mol. The molecule has 0 atom stereocenters. The van der Waals surface area contributed by atoms with Crippen molar-refractivity contribution in [2.75, 3.05) is 33.7 Å². The summed E-state index contributed by atoms with van der Waals surface area (Å²) in [5.74, 6) is 1.75. The number of likely N-dealkylation sites (N-methyl/N-ethyl adjacent to an activating group) is 1. The lowest BCUT2D eigenvalue weighted by molar-refractivity contribution is 0.409. The number of nitrogens with one attached hydrogen (secondary N) is 1. The van der Waals surface area contributed by atoms with Crippen molar-refractivity contribution in [2.45, 2.75) is 6.42 Å². The van der Waals surface area contributed by atoms with E-state index in [1.54, 1.807) is 0 Å². The van der Waals surface area contributed by atoms with E-state index in [2.05, 4.69) is 69.5 Å². The van der Waals surface area contributed by atoms with E-state index in [1.807, 2.05) is 16.6 Å². The average Bonchev–Trinajstić information content (AvgIpc) is 3.28. The molecule has 0 saturated heterocycles. The topological polar surface area (TPSA) is 57.8 Å². The molecule has 3 aromatic rings. The highest BCUT2D eigenvalue weighted by atomic mass is 79.9. The number of fused-ring (bicyclic) bond motifs is 1. The zero-order chi connectivity index (χ0) is 18.1. The maximum atomic E-state index is 4.83. The van der Waals surface area contributed by atoms with E-state index in [0.717, 1.165) is 64.7 Å². The summed E-state index contributed by atoms with van der Waals surface area (Å²) in [6.45, 7) is 2.59. The van der Waals surface area contributed by atoms with Crippen LogP contribution in [0.15, 0.2) is 45.9 Å². The Kier molecular flexibility index (Phi) is 4.74. The fraction of sp³-hybridized carbons (Fsp3) is 0.316. The summed E-state index contributed by atoms with van der Waals surface area (Å²) in [6.07, 6.45) is 0.811. The molecule has 26 heavy (non-hydrogen) atoms. The first-order valence-corrected chi connectivity index (χ1v) is 9.49. The van der Waals surface area contributed by atoms with E-state index in [-0.39, 0.29) is 0 Å². The third-order valence-corrected chi connectivity index (χ3v) is 4.85. The summed E-state index contributed by atoms with van der Waals surface area (Å²) < 4.78 is 2.99. The molecule has 0 bridgehead atoms. The van der Waals surface area contributed by atoms with Crippen molar-refractivity contribution in [1.29, 1.82) is 0 Å². The number of rotatable bonds is 5. The summed E-state index contributed by atoms with van der Waals surface area (Å²) in [5, 5.41) is 8.15. The van der Waals surface area contributed by atoms with Crippen molar-refractivity contribution in [1.82, 2.24) is 24.8 Å². The van der Waals surface area contributed by atoms with Gasteiger partial charge in [0.2, 0.25) is 0 Å². The van der Waals surface area contributed by atoms with Gasteiger partial charge in [-0.2, -0.15) is 5.10 Å². The number of aliphatic imine (C=N–C) groups is 1. The van der Waals surface area contributed by atoms with Gasteiger partial charge in [0.1, 0.15) is 5.84 Å². The van der Waals surface area contributed by atoms with Gasteiger partial charge < -0.3 is 10.2 Å². The van der Waals surface area contributed by atoms with Gasteiger partial charge in [-0.15, -0.1) is 0 Å². The lowest BCUT2D eigenvalue weighted by Gasteiger charge is -2.09. The van der Waals surface area contributed by atoms with E-state index < -0.39 is 0 Å². The van der Waals surface area contributed by atoms with Crippen LogP contribution in [-0.2, 0) is 6.42 Å². The molecule has 0 saturated carbocycles. The summed E-state index contributed by atoms with van der Waals surface area (Å²) in [7, 11) is 4.12. The first kappa shape index (κ1) is 17.2. The van der Waals surface area contributed by atoms with E-state index in [4.69, 9.17) is 10.1 Å². The van der Waals surface area contributed by atoms with Crippen LogP contribution in [0.3, 0.4) is 0 Å². The fourth-order valence-corrected chi connectivity index (χ4v) is 3.46. The van der Waals surface area contributed by atoms with Crippen LogP contribution in [0.4, 0.5) is 0 Å². The van der Waals surface area contributed by atoms with E-state index in [9.17, 15) is 0 Å². The monoisotopic (exact) mass is 412 g/mol. The fourth-order valence-electron chi connectivity index (χ4n) is 3.06. The van der Waals surface area contributed by atoms with Crippen molar-refractivity contribution in [2.24, 2.45) is 4.99 Å². The molecule has 0 aliphatic carbocycles. The second kappa shape index (κ2) is 7.17. The highest BCUT2D eigenvalue weighted by Crippen LogP contribution is 2.25. The zero-order valence-corrected chi connectivity index (χ0v) is 16.5. The SMILES string of the molecule is CN(C)CCc1nc2c(C3=NCCN3)ccc(-c3cccc(Br)c3)n2n1. The molecule has 2 aromatic heterocycles. The number of benzene rings is 1. The standard InChI is InChI=1S/C19H21BrN6/c1-25(2)11-8-17-23-19-15(18-21-9-10-22-18)6-7-16(26(19)24-17)13-4-3-5-14(20)12-13/h3-7,12H,8-11H2,1-2H3,(H,21,22). The smallest absolute Gasteiger partial charge is 0.167 e. The quantitative estimate of drug-likeness (QED) is 0.699. The Morgan fingerprint density at radius 1 is 1.23 bits per heavy atom. The number of amidine groups is 1. The van der Waals surface area contributed by atoms with Crippen LogP contribution in [0.25, 0.3) is 16.9 Å². The van der Waals surface area contributed by atoms with Gasteiger partial charge in [0, 0.05) is 29.5 Å². The summed E-state index contributed by atoms with van der Waals surface area (Å²) >= 11 is 3.56. The van der Waals surface area contributed by atoms with Gasteiger partial charge in [0.25, 0.3) is 0 Å². The van der Waals surface area contributed by atoms with Gasteiger partial charge >= 0.3 is 0 Å². The third-order valence-electron chi connectivity index (χ3n) is 4.36. The van der Waals surface area contributed by atoms with Crippen LogP contribution in [0.1, 0.15) is 11.4 Å². The molecular weight excluding hydrogens is 392 g/mol. The van der Waals surface area contributed by atoms with Gasteiger partial charge in [-0.25, -0.2) is 9.50 Å². The molecule has 0 spiro atoms. The average molecular weight is 413 g/mol. The molecule has 1 aliphatic heterocycles. The normalized spacial score (nSPS) is 14.1. The Hall–Kier alpha value is -2.25. The lowest BCUT2D eigenvalue weighted by Crippen LogP contribution is -2.20. The van der Waals surface area contributed by atoms with Gasteiger partial charge in [-0.3, -0.25) is 4.99 Å². The summed E-state index contributed by atoms with van der Waals surface area (Å²) in [5.41, 5.74) is 3.97. The predicted octanol–water partition coefficient (Wildman–Crippen LogP) is 2.61. The number of aromatic nitrogens is 3. The lowest BCUT2D eigenvalue weighted by atomic mass is 10.1. The minimum absolute atomic E-state index is 0.802. The van der Waals surface area contributed by atoms with E-state index >= 15 is 0 Å². The van der Waals surface area contributed by atoms with Crippen LogP contribution in [-0.4, -0.2) is 59.1 Å². The highest BCUT2D eigenvalue weighted by molar-refractivity contribution is 9.10. The molecule has 4 rings (SSSR count). The Balaban J connectivity index is 1.86. The third kappa shape index (κ3) is 3.37. The number of halogens is 1. The maximum absolute atomic E-state index is 4.83. The second-order valence-corrected chi connectivity index (χ2v) is 7.53. The summed E-state index contributed by atoms with van der Waals surface area (Å²) in [6, 6.07) is 12.4. The van der Waals surface area contributed by atoms with Crippen molar-refractivity contribution in [3.63, 3.8) is 0 Å². The first-order chi connectivity index (χ1) is 12.6. The van der Waals surface area contributed by atoms with E-state index in [1.165, 1.54) is 0 Å². The molecule has 6 nitrogen and oxygen atoms in total. The Labute approximate surface area is 161 Å². The van der Waals surface area contributed by atoms with Crippen LogP contribution < -0.4 is 5.32 Å². The largest absolute Gasteiger partial charge is 0.368 e. The molecule has 0 unspecified atom stereocenters. The van der Waals surface area contributed by atoms with Gasteiger partial charge in [0.05, 0.1) is 17.8 Å². The van der Waals surface area contributed by atoms with Gasteiger partial charge in [0.15, 0.2) is 11.5 Å². The van der Waals surface area contributed by atoms with Crippen LogP contribution in [0.2, 0.25) is 0 Å². The Morgan fingerprint density at radius 2 is 2.12 bits per heavy atom. The minimum Gasteiger partial charge on any atom is -0.368 e. The highest BCUT2D eigenvalue weighted by Gasteiger charge is 2.18. The number of hydrogen-bond donors (Lipinski definition) is 1. The molecular formula is C19H21BrN6. The molecule has 1 N–H and O–H groups in total. The molecule has 0 fully saturated rings. The van der Waals surface area contributed by atoms with Crippen LogP contribution in [0.5, 0.6) is 0 Å².